The first-order chi connectivity index (χ1) is 8.23. The van der Waals surface area contributed by atoms with Crippen LogP contribution in [0.2, 0.25) is 0 Å². The average Bonchev–Trinajstić information content (AvgIpc) is 2.38. The molecule has 3 nitrogen and oxygen atoms in total. The van der Waals surface area contributed by atoms with Gasteiger partial charge in [-0.25, -0.2) is 0 Å². The van der Waals surface area contributed by atoms with Gasteiger partial charge < -0.3 is 15.2 Å². The van der Waals surface area contributed by atoms with E-state index in [1.165, 1.54) is 5.56 Å². The molecule has 1 saturated heterocycles. The number of rotatable bonds is 4. The summed E-state index contributed by atoms with van der Waals surface area (Å²) in [6, 6.07) is 8.04. The third kappa shape index (κ3) is 3.20. The highest BCUT2D eigenvalue weighted by Crippen LogP contribution is 2.27. The predicted molar refractivity (Wildman–Crippen MR) is 68.4 cm³/mol. The second-order valence-corrected chi connectivity index (χ2v) is 4.79. The van der Waals surface area contributed by atoms with E-state index in [4.69, 9.17) is 4.74 Å². The summed E-state index contributed by atoms with van der Waals surface area (Å²) in [4.78, 5) is 0. The Labute approximate surface area is 103 Å². The van der Waals surface area contributed by atoms with Crippen LogP contribution in [0.15, 0.2) is 24.3 Å². The van der Waals surface area contributed by atoms with E-state index in [2.05, 4.69) is 11.4 Å². The molecule has 0 spiro atoms. The van der Waals surface area contributed by atoms with Crippen LogP contribution in [0.3, 0.4) is 0 Å². The van der Waals surface area contributed by atoms with Gasteiger partial charge in [-0.05, 0) is 50.4 Å². The van der Waals surface area contributed by atoms with E-state index in [9.17, 15) is 5.11 Å². The molecule has 94 valence electrons. The van der Waals surface area contributed by atoms with Gasteiger partial charge in [0.05, 0.1) is 12.7 Å². The molecule has 0 aromatic heterocycles. The molecule has 1 fully saturated rings. The van der Waals surface area contributed by atoms with Crippen molar-refractivity contribution in [3.63, 3.8) is 0 Å². The van der Waals surface area contributed by atoms with Gasteiger partial charge in [-0.3, -0.25) is 0 Å². The first kappa shape index (κ1) is 12.4. The Morgan fingerprint density at radius 1 is 1.29 bits per heavy atom. The summed E-state index contributed by atoms with van der Waals surface area (Å²) in [5.74, 6) is 0.921. The standard InChI is InChI=1S/C14H21NO2/c1-17-13-5-3-2-4-12(13)6-7-14(16)8-10-15-11-9-14/h2-5,15-16H,6-11H2,1H3. The van der Waals surface area contributed by atoms with E-state index in [1.807, 2.05) is 18.2 Å². The lowest BCUT2D eigenvalue weighted by Gasteiger charge is -2.32. The Bertz CT molecular complexity index is 359. The number of aryl methyl sites for hydroxylation is 1. The van der Waals surface area contributed by atoms with E-state index in [-0.39, 0.29) is 0 Å². The molecule has 0 aliphatic carbocycles. The molecule has 1 heterocycles. The number of nitrogens with one attached hydrogen (secondary N) is 1. The minimum atomic E-state index is -0.494. The van der Waals surface area contributed by atoms with Crippen LogP contribution in [-0.2, 0) is 6.42 Å². The lowest BCUT2D eigenvalue weighted by atomic mass is 9.86. The van der Waals surface area contributed by atoms with Crippen molar-refractivity contribution in [3.8, 4) is 5.75 Å². The van der Waals surface area contributed by atoms with E-state index in [0.29, 0.717) is 0 Å². The largest absolute Gasteiger partial charge is 0.496 e. The lowest BCUT2D eigenvalue weighted by molar-refractivity contribution is 0.00273. The molecule has 0 saturated carbocycles. The van der Waals surface area contributed by atoms with E-state index in [0.717, 1.165) is 44.5 Å². The molecule has 1 aromatic carbocycles. The molecular weight excluding hydrogens is 214 g/mol. The molecule has 1 aliphatic heterocycles. The molecule has 3 heteroatoms. The normalized spacial score (nSPS) is 18.9. The maximum absolute atomic E-state index is 10.4. The average molecular weight is 235 g/mol. The second-order valence-electron chi connectivity index (χ2n) is 4.79. The number of methoxy groups -OCH3 is 1. The van der Waals surface area contributed by atoms with Crippen molar-refractivity contribution in [1.82, 2.24) is 5.32 Å². The topological polar surface area (TPSA) is 41.5 Å². The van der Waals surface area contributed by atoms with Gasteiger partial charge in [0.1, 0.15) is 5.75 Å². The summed E-state index contributed by atoms with van der Waals surface area (Å²) in [5, 5.41) is 13.7. The van der Waals surface area contributed by atoms with Gasteiger partial charge in [-0.1, -0.05) is 18.2 Å². The fourth-order valence-electron chi connectivity index (χ4n) is 2.42. The minimum absolute atomic E-state index is 0.494. The highest BCUT2D eigenvalue weighted by atomic mass is 16.5. The molecule has 1 aromatic rings. The van der Waals surface area contributed by atoms with Crippen LogP contribution in [0.1, 0.15) is 24.8 Å². The third-order valence-electron chi connectivity index (χ3n) is 3.59. The smallest absolute Gasteiger partial charge is 0.122 e. The van der Waals surface area contributed by atoms with Crippen molar-refractivity contribution < 1.29 is 9.84 Å². The Kier molecular flexibility index (Phi) is 4.02. The molecule has 0 unspecified atom stereocenters. The van der Waals surface area contributed by atoms with E-state index < -0.39 is 5.60 Å². The summed E-state index contributed by atoms with van der Waals surface area (Å²) in [7, 11) is 1.69. The van der Waals surface area contributed by atoms with E-state index >= 15 is 0 Å². The summed E-state index contributed by atoms with van der Waals surface area (Å²) >= 11 is 0. The molecule has 0 bridgehead atoms. The molecular formula is C14H21NO2. The molecule has 0 atom stereocenters. The van der Waals surface area contributed by atoms with Crippen molar-refractivity contribution in [1.29, 1.82) is 0 Å². The summed E-state index contributed by atoms with van der Waals surface area (Å²) in [5.41, 5.74) is 0.688. The van der Waals surface area contributed by atoms with Crippen LogP contribution < -0.4 is 10.1 Å². The van der Waals surface area contributed by atoms with Gasteiger partial charge in [-0.15, -0.1) is 0 Å². The zero-order chi connectivity index (χ0) is 12.1. The summed E-state index contributed by atoms with van der Waals surface area (Å²) < 4.78 is 5.32. The maximum atomic E-state index is 10.4. The Morgan fingerprint density at radius 2 is 2.00 bits per heavy atom. The predicted octanol–water partition coefficient (Wildman–Crippen LogP) is 1.74. The monoisotopic (exact) mass is 235 g/mol. The van der Waals surface area contributed by atoms with Gasteiger partial charge in [0, 0.05) is 0 Å². The van der Waals surface area contributed by atoms with Crippen molar-refractivity contribution in [2.45, 2.75) is 31.3 Å². The Balaban J connectivity index is 1.96. The number of piperidine rings is 1. The first-order valence-corrected chi connectivity index (χ1v) is 6.28. The minimum Gasteiger partial charge on any atom is -0.496 e. The van der Waals surface area contributed by atoms with Crippen molar-refractivity contribution in [2.75, 3.05) is 20.2 Å². The molecule has 2 N–H and O–H groups in total. The van der Waals surface area contributed by atoms with Gasteiger partial charge in [-0.2, -0.15) is 0 Å². The van der Waals surface area contributed by atoms with Gasteiger partial charge in [0.2, 0.25) is 0 Å². The number of benzene rings is 1. The number of aliphatic hydroxyl groups is 1. The lowest BCUT2D eigenvalue weighted by Crippen LogP contribution is -2.42. The SMILES string of the molecule is COc1ccccc1CCC1(O)CCNCC1. The number of ether oxygens (including phenoxy) is 1. The molecule has 0 amide bonds. The Morgan fingerprint density at radius 3 is 2.71 bits per heavy atom. The Hall–Kier alpha value is -1.06. The zero-order valence-electron chi connectivity index (χ0n) is 10.4. The van der Waals surface area contributed by atoms with Crippen LogP contribution >= 0.6 is 0 Å². The first-order valence-electron chi connectivity index (χ1n) is 6.28. The highest BCUT2D eigenvalue weighted by molar-refractivity contribution is 5.33. The van der Waals surface area contributed by atoms with Crippen LogP contribution in [0, 0.1) is 0 Å². The number of hydrogen-bond donors (Lipinski definition) is 2. The number of hydrogen-bond acceptors (Lipinski definition) is 3. The molecule has 1 aliphatic rings. The van der Waals surface area contributed by atoms with Crippen LogP contribution in [0.25, 0.3) is 0 Å². The highest BCUT2D eigenvalue weighted by Gasteiger charge is 2.28. The van der Waals surface area contributed by atoms with Crippen LogP contribution in [0.5, 0.6) is 5.75 Å². The van der Waals surface area contributed by atoms with Gasteiger partial charge in [0.15, 0.2) is 0 Å². The fourth-order valence-corrected chi connectivity index (χ4v) is 2.42. The van der Waals surface area contributed by atoms with Gasteiger partial charge >= 0.3 is 0 Å². The van der Waals surface area contributed by atoms with Crippen LogP contribution in [0.4, 0.5) is 0 Å². The number of para-hydroxylation sites is 1. The van der Waals surface area contributed by atoms with Crippen LogP contribution in [-0.4, -0.2) is 30.9 Å². The van der Waals surface area contributed by atoms with Crippen molar-refractivity contribution in [3.05, 3.63) is 29.8 Å². The fraction of sp³-hybridized carbons (Fsp3) is 0.571. The summed E-state index contributed by atoms with van der Waals surface area (Å²) in [6.45, 7) is 1.84. The maximum Gasteiger partial charge on any atom is 0.122 e. The molecule has 0 radical (unpaired) electrons. The van der Waals surface area contributed by atoms with Gasteiger partial charge in [0.25, 0.3) is 0 Å². The summed E-state index contributed by atoms with van der Waals surface area (Å²) in [6.07, 6.45) is 3.39. The van der Waals surface area contributed by atoms with Crippen molar-refractivity contribution in [2.24, 2.45) is 0 Å². The second kappa shape index (κ2) is 5.52. The zero-order valence-corrected chi connectivity index (χ0v) is 10.4. The van der Waals surface area contributed by atoms with Crippen molar-refractivity contribution >= 4 is 0 Å². The molecule has 2 rings (SSSR count). The quantitative estimate of drug-likeness (QED) is 0.835. The van der Waals surface area contributed by atoms with E-state index in [1.54, 1.807) is 7.11 Å². The molecule has 17 heavy (non-hydrogen) atoms. The third-order valence-corrected chi connectivity index (χ3v) is 3.59.